The number of nitro benzene ring substituents is 1. The van der Waals surface area contributed by atoms with Crippen molar-refractivity contribution in [3.05, 3.63) is 64.2 Å². The Bertz CT molecular complexity index is 778. The van der Waals surface area contributed by atoms with Crippen molar-refractivity contribution in [3.8, 4) is 0 Å². The minimum Gasteiger partial charge on any atom is -0.258 e. The van der Waals surface area contributed by atoms with Crippen LogP contribution in [0.3, 0.4) is 0 Å². The molecule has 0 bridgehead atoms. The quantitative estimate of drug-likeness (QED) is 0.453. The summed E-state index contributed by atoms with van der Waals surface area (Å²) in [7, 11) is 0. The Kier molecular flexibility index (Phi) is 3.57. The van der Waals surface area contributed by atoms with Crippen molar-refractivity contribution in [1.82, 2.24) is 4.98 Å². The molecular weight excluding hydrogens is 288 g/mol. The number of thiazole rings is 1. The smallest absolute Gasteiger partial charge is 0.258 e. The number of nitro groups is 1. The predicted molar refractivity (Wildman–Crippen MR) is 83.9 cm³/mol. The van der Waals surface area contributed by atoms with Gasteiger partial charge in [0, 0.05) is 12.1 Å². The van der Waals surface area contributed by atoms with Gasteiger partial charge in [-0.15, -0.1) is 0 Å². The van der Waals surface area contributed by atoms with Crippen molar-refractivity contribution in [2.45, 2.75) is 0 Å². The summed E-state index contributed by atoms with van der Waals surface area (Å²) in [6.07, 6.45) is 1.59. The second kappa shape index (κ2) is 5.68. The van der Waals surface area contributed by atoms with Gasteiger partial charge in [-0.2, -0.15) is 5.10 Å². The van der Waals surface area contributed by atoms with Crippen LogP contribution in [0, 0.1) is 10.1 Å². The second-order valence-corrected chi connectivity index (χ2v) is 5.24. The number of hydrazone groups is 1. The van der Waals surface area contributed by atoms with Gasteiger partial charge in [-0.25, -0.2) is 4.98 Å². The van der Waals surface area contributed by atoms with E-state index in [1.54, 1.807) is 18.3 Å². The Morgan fingerprint density at radius 1 is 1.19 bits per heavy atom. The molecule has 0 fully saturated rings. The van der Waals surface area contributed by atoms with Gasteiger partial charge >= 0.3 is 0 Å². The molecular formula is C14H10N4O2S. The molecule has 0 aliphatic heterocycles. The summed E-state index contributed by atoms with van der Waals surface area (Å²) in [6.45, 7) is 0. The van der Waals surface area contributed by atoms with Crippen LogP contribution in [0.2, 0.25) is 0 Å². The van der Waals surface area contributed by atoms with Gasteiger partial charge in [0.15, 0.2) is 0 Å². The number of benzene rings is 2. The second-order valence-electron chi connectivity index (χ2n) is 4.21. The van der Waals surface area contributed by atoms with Gasteiger partial charge in [0.1, 0.15) is 0 Å². The van der Waals surface area contributed by atoms with E-state index in [1.165, 1.54) is 23.5 Å². The van der Waals surface area contributed by atoms with Crippen LogP contribution in [-0.4, -0.2) is 16.1 Å². The molecule has 0 aliphatic carbocycles. The molecule has 2 aromatic carbocycles. The monoisotopic (exact) mass is 298 g/mol. The van der Waals surface area contributed by atoms with E-state index in [0.29, 0.717) is 5.13 Å². The first-order chi connectivity index (χ1) is 10.2. The van der Waals surface area contributed by atoms with E-state index in [4.69, 9.17) is 0 Å². The summed E-state index contributed by atoms with van der Waals surface area (Å²) in [4.78, 5) is 14.5. The van der Waals surface area contributed by atoms with Crippen molar-refractivity contribution in [2.75, 3.05) is 5.43 Å². The molecule has 0 unspecified atom stereocenters. The van der Waals surface area contributed by atoms with Crippen LogP contribution in [0.5, 0.6) is 0 Å². The van der Waals surface area contributed by atoms with Crippen LogP contribution in [0.1, 0.15) is 5.56 Å². The Hall–Kier alpha value is -2.80. The summed E-state index contributed by atoms with van der Waals surface area (Å²) in [5.41, 5.74) is 4.62. The molecule has 0 spiro atoms. The fourth-order valence-electron chi connectivity index (χ4n) is 1.76. The van der Waals surface area contributed by atoms with Gasteiger partial charge in [0.05, 0.1) is 21.4 Å². The van der Waals surface area contributed by atoms with Gasteiger partial charge < -0.3 is 0 Å². The van der Waals surface area contributed by atoms with Crippen molar-refractivity contribution in [1.29, 1.82) is 0 Å². The number of para-hydroxylation sites is 1. The average Bonchev–Trinajstić information content (AvgIpc) is 2.90. The molecule has 6 nitrogen and oxygen atoms in total. The lowest BCUT2D eigenvalue weighted by molar-refractivity contribution is -0.384. The normalized spacial score (nSPS) is 11.0. The van der Waals surface area contributed by atoms with Gasteiger partial charge in [-0.3, -0.25) is 15.5 Å². The average molecular weight is 298 g/mol. The molecule has 3 rings (SSSR count). The minimum absolute atomic E-state index is 0.0614. The molecule has 0 radical (unpaired) electrons. The Balaban J connectivity index is 1.70. The highest BCUT2D eigenvalue weighted by molar-refractivity contribution is 7.22. The Morgan fingerprint density at radius 2 is 1.95 bits per heavy atom. The Labute approximate surface area is 123 Å². The van der Waals surface area contributed by atoms with E-state index in [-0.39, 0.29) is 5.69 Å². The third kappa shape index (κ3) is 3.03. The summed E-state index contributed by atoms with van der Waals surface area (Å²) in [5, 5.41) is 15.3. The highest BCUT2D eigenvalue weighted by Crippen LogP contribution is 2.25. The molecule has 0 saturated carbocycles. The molecule has 1 aromatic heterocycles. The number of aromatic nitrogens is 1. The topological polar surface area (TPSA) is 80.4 Å². The lowest BCUT2D eigenvalue weighted by Gasteiger charge is -1.94. The van der Waals surface area contributed by atoms with Crippen molar-refractivity contribution in [2.24, 2.45) is 5.10 Å². The molecule has 7 heteroatoms. The van der Waals surface area contributed by atoms with Crippen molar-refractivity contribution in [3.63, 3.8) is 0 Å². The molecule has 0 saturated heterocycles. The van der Waals surface area contributed by atoms with E-state index in [0.717, 1.165) is 15.8 Å². The summed E-state index contributed by atoms with van der Waals surface area (Å²) in [5.74, 6) is 0. The number of anilines is 1. The number of rotatable bonds is 4. The van der Waals surface area contributed by atoms with Crippen molar-refractivity contribution >= 4 is 38.6 Å². The van der Waals surface area contributed by atoms with E-state index in [1.807, 2.05) is 24.3 Å². The van der Waals surface area contributed by atoms with E-state index < -0.39 is 4.92 Å². The summed E-state index contributed by atoms with van der Waals surface area (Å²) < 4.78 is 1.09. The van der Waals surface area contributed by atoms with E-state index in [2.05, 4.69) is 15.5 Å². The summed E-state index contributed by atoms with van der Waals surface area (Å²) >= 11 is 1.51. The molecule has 1 heterocycles. The van der Waals surface area contributed by atoms with Crippen LogP contribution in [0.4, 0.5) is 10.8 Å². The summed E-state index contributed by atoms with van der Waals surface area (Å²) in [6, 6.07) is 14.0. The van der Waals surface area contributed by atoms with Crippen molar-refractivity contribution < 1.29 is 4.92 Å². The lowest BCUT2D eigenvalue weighted by Crippen LogP contribution is -1.91. The van der Waals surface area contributed by atoms with Crippen LogP contribution >= 0.6 is 11.3 Å². The SMILES string of the molecule is O=[N+]([O-])c1ccc(C=NNc2nc3ccccc3s2)cc1. The molecule has 0 amide bonds. The first-order valence-corrected chi connectivity index (χ1v) is 6.93. The Morgan fingerprint density at radius 3 is 2.67 bits per heavy atom. The third-order valence-corrected chi connectivity index (χ3v) is 3.71. The number of nitrogens with zero attached hydrogens (tertiary/aromatic N) is 3. The number of hydrogen-bond donors (Lipinski definition) is 1. The molecule has 1 N–H and O–H groups in total. The van der Waals surface area contributed by atoms with Crippen LogP contribution in [0.25, 0.3) is 10.2 Å². The van der Waals surface area contributed by atoms with Gasteiger partial charge in [-0.1, -0.05) is 23.5 Å². The predicted octanol–water partition coefficient (Wildman–Crippen LogP) is 3.65. The number of fused-ring (bicyclic) bond motifs is 1. The zero-order valence-electron chi connectivity index (χ0n) is 10.8. The van der Waals surface area contributed by atoms with E-state index in [9.17, 15) is 10.1 Å². The highest BCUT2D eigenvalue weighted by Gasteiger charge is 2.03. The fraction of sp³-hybridized carbons (Fsp3) is 0. The number of nitrogens with one attached hydrogen (secondary N) is 1. The van der Waals surface area contributed by atoms with Gasteiger partial charge in [-0.05, 0) is 29.8 Å². The molecule has 21 heavy (non-hydrogen) atoms. The minimum atomic E-state index is -0.430. The van der Waals surface area contributed by atoms with Gasteiger partial charge in [0.25, 0.3) is 5.69 Å². The first-order valence-electron chi connectivity index (χ1n) is 6.11. The number of non-ortho nitro benzene ring substituents is 1. The van der Waals surface area contributed by atoms with Crippen LogP contribution < -0.4 is 5.43 Å². The third-order valence-electron chi connectivity index (χ3n) is 2.77. The molecule has 3 aromatic rings. The standard InChI is InChI=1S/C14H10N4O2S/c19-18(20)11-7-5-10(6-8-11)9-15-17-14-16-12-3-1-2-4-13(12)21-14/h1-9H,(H,16,17). The highest BCUT2D eigenvalue weighted by atomic mass is 32.1. The lowest BCUT2D eigenvalue weighted by atomic mass is 10.2. The maximum atomic E-state index is 10.5. The van der Waals surface area contributed by atoms with Crippen LogP contribution in [-0.2, 0) is 0 Å². The van der Waals surface area contributed by atoms with E-state index >= 15 is 0 Å². The first kappa shape index (κ1) is 13.2. The maximum Gasteiger partial charge on any atom is 0.269 e. The zero-order chi connectivity index (χ0) is 14.7. The number of hydrogen-bond acceptors (Lipinski definition) is 6. The maximum absolute atomic E-state index is 10.5. The molecule has 0 atom stereocenters. The molecule has 104 valence electrons. The van der Waals surface area contributed by atoms with Crippen LogP contribution in [0.15, 0.2) is 53.6 Å². The largest absolute Gasteiger partial charge is 0.269 e. The molecule has 0 aliphatic rings. The van der Waals surface area contributed by atoms with Gasteiger partial charge in [0.2, 0.25) is 5.13 Å². The fourth-order valence-corrected chi connectivity index (χ4v) is 2.58. The zero-order valence-corrected chi connectivity index (χ0v) is 11.6.